The number of carbonyl (C=O) groups is 1. The number of aryl methyl sites for hydroxylation is 2. The number of ether oxygens (including phenoxy) is 1. The normalized spacial score (nSPS) is 12.4. The van der Waals surface area contributed by atoms with Crippen molar-refractivity contribution in [3.63, 3.8) is 0 Å². The van der Waals surface area contributed by atoms with Gasteiger partial charge in [-0.2, -0.15) is 0 Å². The van der Waals surface area contributed by atoms with E-state index >= 15 is 0 Å². The number of nitrogens with one attached hydrogen (secondary N) is 1. The second-order valence-electron chi connectivity index (χ2n) is 7.31. The zero-order valence-corrected chi connectivity index (χ0v) is 17.1. The van der Waals surface area contributed by atoms with Crippen molar-refractivity contribution < 1.29 is 14.1 Å². The number of hydrogen-bond donors (Lipinski definition) is 1. The molecule has 156 valence electrons. The maximum atomic E-state index is 13.0. The molecule has 0 fully saturated rings. The summed E-state index contributed by atoms with van der Waals surface area (Å²) in [6.07, 6.45) is 0.654. The molecule has 0 saturated carbocycles. The third kappa shape index (κ3) is 3.78. The van der Waals surface area contributed by atoms with Crippen LogP contribution < -0.4 is 15.7 Å². The largest absolute Gasteiger partial charge is 0.479 e. The maximum Gasteiger partial charge on any atom is 0.350 e. The lowest BCUT2D eigenvalue weighted by Crippen LogP contribution is -2.38. The van der Waals surface area contributed by atoms with Gasteiger partial charge in [0, 0.05) is 24.9 Å². The Morgan fingerprint density at radius 2 is 2.10 bits per heavy atom. The Morgan fingerprint density at radius 1 is 1.30 bits per heavy atom. The molecule has 0 aliphatic rings. The molecule has 3 aromatic heterocycles. The highest BCUT2D eigenvalue weighted by molar-refractivity contribution is 5.83. The summed E-state index contributed by atoms with van der Waals surface area (Å²) in [5.41, 5.74) is 2.13. The molecule has 4 rings (SSSR count). The van der Waals surface area contributed by atoms with Gasteiger partial charge < -0.3 is 14.6 Å². The molecule has 0 radical (unpaired) electrons. The Morgan fingerprint density at radius 3 is 2.87 bits per heavy atom. The van der Waals surface area contributed by atoms with E-state index in [9.17, 15) is 9.59 Å². The molecule has 1 amide bonds. The number of aromatic nitrogens is 4. The van der Waals surface area contributed by atoms with Crippen LogP contribution in [0.1, 0.15) is 24.7 Å². The third-order valence-electron chi connectivity index (χ3n) is 4.94. The Bertz CT molecular complexity index is 1270. The van der Waals surface area contributed by atoms with E-state index in [-0.39, 0.29) is 30.6 Å². The Kier molecular flexibility index (Phi) is 5.26. The summed E-state index contributed by atoms with van der Waals surface area (Å²) >= 11 is 0. The Balaban J connectivity index is 1.46. The van der Waals surface area contributed by atoms with Crippen LogP contribution in [-0.2, 0) is 17.8 Å². The van der Waals surface area contributed by atoms with Gasteiger partial charge in [-0.05, 0) is 42.1 Å². The van der Waals surface area contributed by atoms with Crippen molar-refractivity contribution in [2.45, 2.75) is 39.3 Å². The number of benzene rings is 1. The van der Waals surface area contributed by atoms with Crippen LogP contribution in [0.2, 0.25) is 0 Å². The monoisotopic (exact) mass is 409 g/mol. The average Bonchev–Trinajstić information content (AvgIpc) is 3.32. The lowest BCUT2D eigenvalue weighted by molar-refractivity contribution is -0.121. The molecule has 0 aliphatic heterocycles. The van der Waals surface area contributed by atoms with Gasteiger partial charge in [0.25, 0.3) is 5.88 Å². The van der Waals surface area contributed by atoms with Gasteiger partial charge in [-0.15, -0.1) is 5.10 Å². The predicted molar refractivity (Wildman–Crippen MR) is 111 cm³/mol. The van der Waals surface area contributed by atoms with Crippen molar-refractivity contribution >= 4 is 22.5 Å². The van der Waals surface area contributed by atoms with Gasteiger partial charge in [0.05, 0.1) is 19.2 Å². The van der Waals surface area contributed by atoms with Crippen LogP contribution in [0, 0.1) is 6.92 Å². The summed E-state index contributed by atoms with van der Waals surface area (Å²) in [4.78, 5) is 25.2. The van der Waals surface area contributed by atoms with E-state index in [1.165, 1.54) is 11.8 Å². The number of methoxy groups -OCH3 is 1. The maximum absolute atomic E-state index is 13.0. The van der Waals surface area contributed by atoms with Crippen molar-refractivity contribution in [1.82, 2.24) is 24.7 Å². The van der Waals surface area contributed by atoms with E-state index in [1.54, 1.807) is 10.5 Å². The van der Waals surface area contributed by atoms with Crippen LogP contribution in [0.15, 0.2) is 45.7 Å². The highest BCUT2D eigenvalue weighted by Crippen LogP contribution is 2.18. The van der Waals surface area contributed by atoms with Gasteiger partial charge in [0.2, 0.25) is 5.91 Å². The van der Waals surface area contributed by atoms with Gasteiger partial charge in [-0.1, -0.05) is 18.2 Å². The molecular weight excluding hydrogens is 386 g/mol. The molecule has 3 heterocycles. The molecule has 1 aromatic carbocycles. The van der Waals surface area contributed by atoms with Crippen molar-refractivity contribution in [3.05, 3.63) is 58.2 Å². The molecular formula is C21H23N5O4. The number of rotatable bonds is 7. The number of nitrogens with zero attached hydrogens (tertiary/aromatic N) is 4. The molecule has 0 spiro atoms. The molecule has 1 N–H and O–H groups in total. The second-order valence-corrected chi connectivity index (χ2v) is 7.31. The van der Waals surface area contributed by atoms with Crippen LogP contribution in [0.25, 0.3) is 16.6 Å². The minimum Gasteiger partial charge on any atom is -0.479 e. The summed E-state index contributed by atoms with van der Waals surface area (Å²) in [6.45, 7) is 4.05. The van der Waals surface area contributed by atoms with Gasteiger partial charge in [-0.25, -0.2) is 13.9 Å². The number of amides is 1. The standard InChI is InChI=1S/C21H23N5O4/c1-13-10-15-6-4-5-7-17(15)26-20(13)23-25(21(26)28)12-14(2)22-18(27)9-8-16-11-19(29-3)24-30-16/h4-7,10-11,14H,8-9,12H2,1-3H3,(H,22,27). The molecule has 1 atom stereocenters. The number of pyridine rings is 1. The minimum atomic E-state index is -0.268. The fourth-order valence-corrected chi connectivity index (χ4v) is 3.51. The van der Waals surface area contributed by atoms with Crippen LogP contribution in [0.5, 0.6) is 5.88 Å². The molecule has 30 heavy (non-hydrogen) atoms. The SMILES string of the molecule is COc1cc(CCC(=O)NC(C)Cn2nc3c(C)cc4ccccc4n3c2=O)on1. The van der Waals surface area contributed by atoms with Gasteiger partial charge in [0.15, 0.2) is 5.65 Å². The van der Waals surface area contributed by atoms with Crippen LogP contribution >= 0.6 is 0 Å². The van der Waals surface area contributed by atoms with E-state index in [2.05, 4.69) is 15.6 Å². The van der Waals surface area contributed by atoms with E-state index in [0.29, 0.717) is 23.7 Å². The Hall–Kier alpha value is -3.62. The average molecular weight is 409 g/mol. The summed E-state index contributed by atoms with van der Waals surface area (Å²) < 4.78 is 13.1. The lowest BCUT2D eigenvalue weighted by Gasteiger charge is -2.12. The first-order chi connectivity index (χ1) is 14.5. The van der Waals surface area contributed by atoms with Gasteiger partial charge in [-0.3, -0.25) is 4.79 Å². The van der Waals surface area contributed by atoms with Crippen LogP contribution in [-0.4, -0.2) is 38.4 Å². The number of fused-ring (bicyclic) bond motifs is 3. The summed E-state index contributed by atoms with van der Waals surface area (Å²) in [6, 6.07) is 11.1. The first-order valence-corrected chi connectivity index (χ1v) is 9.73. The lowest BCUT2D eigenvalue weighted by atomic mass is 10.1. The smallest absolute Gasteiger partial charge is 0.350 e. The fraction of sp³-hybridized carbons (Fsp3) is 0.333. The quantitative estimate of drug-likeness (QED) is 0.501. The summed E-state index contributed by atoms with van der Waals surface area (Å²) in [5, 5.41) is 12.1. The zero-order valence-electron chi connectivity index (χ0n) is 17.1. The number of hydrogen-bond acceptors (Lipinski definition) is 6. The van der Waals surface area contributed by atoms with Crippen molar-refractivity contribution in [1.29, 1.82) is 0 Å². The zero-order chi connectivity index (χ0) is 21.3. The second kappa shape index (κ2) is 8.02. The molecule has 9 heteroatoms. The predicted octanol–water partition coefficient (Wildman–Crippen LogP) is 2.09. The number of carbonyl (C=O) groups excluding carboxylic acids is 1. The highest BCUT2D eigenvalue weighted by Gasteiger charge is 2.16. The topological polar surface area (TPSA) is 104 Å². The fourth-order valence-electron chi connectivity index (χ4n) is 3.51. The van der Waals surface area contributed by atoms with Crippen molar-refractivity contribution in [2.75, 3.05) is 7.11 Å². The van der Waals surface area contributed by atoms with Gasteiger partial charge >= 0.3 is 5.69 Å². The molecule has 0 aliphatic carbocycles. The number of para-hydroxylation sites is 1. The summed E-state index contributed by atoms with van der Waals surface area (Å²) in [7, 11) is 1.50. The summed E-state index contributed by atoms with van der Waals surface area (Å²) in [5.74, 6) is 0.817. The van der Waals surface area contributed by atoms with Crippen LogP contribution in [0.4, 0.5) is 0 Å². The van der Waals surface area contributed by atoms with Crippen LogP contribution in [0.3, 0.4) is 0 Å². The third-order valence-corrected chi connectivity index (χ3v) is 4.94. The van der Waals surface area contributed by atoms with Gasteiger partial charge in [0.1, 0.15) is 5.76 Å². The Labute approximate surface area is 172 Å². The molecule has 1 unspecified atom stereocenters. The van der Waals surface area contributed by atoms with Crippen molar-refractivity contribution in [2.24, 2.45) is 0 Å². The van der Waals surface area contributed by atoms with E-state index in [0.717, 1.165) is 16.5 Å². The van der Waals surface area contributed by atoms with Crippen molar-refractivity contribution in [3.8, 4) is 5.88 Å². The van der Waals surface area contributed by atoms with E-state index in [4.69, 9.17) is 9.26 Å². The molecule has 0 saturated heterocycles. The first-order valence-electron chi connectivity index (χ1n) is 9.73. The molecule has 4 aromatic rings. The van der Waals surface area contributed by atoms with E-state index in [1.807, 2.05) is 44.2 Å². The highest BCUT2D eigenvalue weighted by atomic mass is 16.5. The van der Waals surface area contributed by atoms with E-state index < -0.39 is 0 Å². The molecule has 9 nitrogen and oxygen atoms in total. The first kappa shape index (κ1) is 19.7. The minimum absolute atomic E-state index is 0.142. The molecule has 0 bridgehead atoms.